The van der Waals surface area contributed by atoms with Gasteiger partial charge in [-0.3, -0.25) is 0 Å². The van der Waals surface area contributed by atoms with Crippen LogP contribution in [0.5, 0.6) is 0 Å². The number of hydrogen-bond donors (Lipinski definition) is 1. The van der Waals surface area contributed by atoms with Gasteiger partial charge in [0, 0.05) is 12.3 Å². The van der Waals surface area contributed by atoms with Crippen LogP contribution in [0, 0.1) is 11.3 Å². The average Bonchev–Trinajstić information content (AvgIpc) is 2.61. The Morgan fingerprint density at radius 1 is 1.50 bits per heavy atom. The van der Waals surface area contributed by atoms with Crippen LogP contribution in [0.1, 0.15) is 5.56 Å². The molecule has 0 aliphatic heterocycles. The minimum Gasteiger partial charge on any atom is -0.382 e. The smallest absolute Gasteiger partial charge is 0.159 e. The van der Waals surface area contributed by atoms with Gasteiger partial charge in [-0.05, 0) is 0 Å². The first-order valence-electron chi connectivity index (χ1n) is 3.83. The van der Waals surface area contributed by atoms with Gasteiger partial charge < -0.3 is 5.73 Å². The van der Waals surface area contributed by atoms with Crippen LogP contribution in [0.15, 0.2) is 24.8 Å². The van der Waals surface area contributed by atoms with Crippen molar-refractivity contribution in [3.05, 3.63) is 30.4 Å². The molecule has 0 saturated carbocycles. The second-order valence-electron chi connectivity index (χ2n) is 2.53. The van der Waals surface area contributed by atoms with Crippen LogP contribution in [0.3, 0.4) is 0 Å². The number of hydrogen-bond acceptors (Lipinski definition) is 5. The minimum absolute atomic E-state index is 0.284. The summed E-state index contributed by atoms with van der Waals surface area (Å²) >= 11 is 0. The second kappa shape index (κ2) is 3.14. The van der Waals surface area contributed by atoms with Crippen LogP contribution in [0.2, 0.25) is 0 Å². The molecule has 0 unspecified atom stereocenters. The SMILES string of the molecule is N#Cc1cnn(-c2ccncn2)c1N. The number of nitriles is 1. The molecule has 2 heterocycles. The molecule has 0 atom stereocenters. The lowest BCUT2D eigenvalue weighted by molar-refractivity contribution is 0.849. The van der Waals surface area contributed by atoms with Gasteiger partial charge >= 0.3 is 0 Å². The van der Waals surface area contributed by atoms with Gasteiger partial charge in [-0.1, -0.05) is 0 Å². The zero-order valence-corrected chi connectivity index (χ0v) is 7.12. The quantitative estimate of drug-likeness (QED) is 0.682. The average molecular weight is 186 g/mol. The molecule has 0 spiro atoms. The van der Waals surface area contributed by atoms with E-state index in [9.17, 15) is 0 Å². The van der Waals surface area contributed by atoms with E-state index in [4.69, 9.17) is 11.0 Å². The highest BCUT2D eigenvalue weighted by Crippen LogP contribution is 2.13. The molecule has 0 radical (unpaired) electrons. The summed E-state index contributed by atoms with van der Waals surface area (Å²) in [6, 6.07) is 3.59. The van der Waals surface area contributed by atoms with Crippen LogP contribution in [0.25, 0.3) is 5.82 Å². The molecular formula is C8H6N6. The van der Waals surface area contributed by atoms with Crippen molar-refractivity contribution in [2.75, 3.05) is 5.73 Å². The molecule has 2 N–H and O–H groups in total. The maximum Gasteiger partial charge on any atom is 0.159 e. The molecule has 0 aliphatic carbocycles. The van der Waals surface area contributed by atoms with E-state index in [-0.39, 0.29) is 5.82 Å². The van der Waals surface area contributed by atoms with Gasteiger partial charge in [-0.15, -0.1) is 0 Å². The number of rotatable bonds is 1. The molecule has 0 amide bonds. The van der Waals surface area contributed by atoms with Crippen molar-refractivity contribution >= 4 is 5.82 Å². The Kier molecular flexibility index (Phi) is 1.84. The molecule has 6 heteroatoms. The van der Waals surface area contributed by atoms with Crippen LogP contribution in [-0.4, -0.2) is 19.7 Å². The Balaban J connectivity index is 2.54. The van der Waals surface area contributed by atoms with Crippen molar-refractivity contribution in [3.63, 3.8) is 0 Å². The van der Waals surface area contributed by atoms with Gasteiger partial charge in [0.2, 0.25) is 0 Å². The lowest BCUT2D eigenvalue weighted by Crippen LogP contribution is -2.04. The zero-order chi connectivity index (χ0) is 9.97. The maximum absolute atomic E-state index is 8.66. The standard InChI is InChI=1S/C8H6N6/c9-3-6-4-13-14(8(6)10)7-1-2-11-5-12-7/h1-2,4-5H,10H2. The summed E-state index contributed by atoms with van der Waals surface area (Å²) in [5, 5.41) is 12.6. The Bertz CT molecular complexity index is 480. The topological polar surface area (TPSA) is 93.4 Å². The molecule has 0 aromatic carbocycles. The first-order valence-corrected chi connectivity index (χ1v) is 3.83. The summed E-state index contributed by atoms with van der Waals surface area (Å²) in [4.78, 5) is 7.73. The summed E-state index contributed by atoms with van der Waals surface area (Å²) in [7, 11) is 0. The van der Waals surface area contributed by atoms with E-state index in [1.54, 1.807) is 12.3 Å². The number of nitrogens with two attached hydrogens (primary N) is 1. The van der Waals surface area contributed by atoms with Crippen LogP contribution >= 0.6 is 0 Å². The molecule has 6 nitrogen and oxygen atoms in total. The molecule has 14 heavy (non-hydrogen) atoms. The molecule has 2 rings (SSSR count). The fourth-order valence-corrected chi connectivity index (χ4v) is 1.04. The highest BCUT2D eigenvalue weighted by molar-refractivity contribution is 5.50. The zero-order valence-electron chi connectivity index (χ0n) is 7.12. The fraction of sp³-hybridized carbons (Fsp3) is 0. The molecule has 2 aromatic rings. The second-order valence-corrected chi connectivity index (χ2v) is 2.53. The summed E-state index contributed by atoms with van der Waals surface area (Å²) in [5.74, 6) is 0.824. The monoisotopic (exact) mass is 186 g/mol. The van der Waals surface area contributed by atoms with Crippen molar-refractivity contribution in [2.45, 2.75) is 0 Å². The number of anilines is 1. The van der Waals surface area contributed by atoms with Crippen LogP contribution in [-0.2, 0) is 0 Å². The van der Waals surface area contributed by atoms with Crippen molar-refractivity contribution in [1.82, 2.24) is 19.7 Å². The lowest BCUT2D eigenvalue weighted by Gasteiger charge is -2.00. The van der Waals surface area contributed by atoms with E-state index >= 15 is 0 Å². The largest absolute Gasteiger partial charge is 0.382 e. The lowest BCUT2D eigenvalue weighted by atomic mass is 10.4. The van der Waals surface area contributed by atoms with Gasteiger partial charge in [0.15, 0.2) is 5.82 Å². The number of aromatic nitrogens is 4. The maximum atomic E-state index is 8.66. The summed E-state index contributed by atoms with van der Waals surface area (Å²) < 4.78 is 1.39. The van der Waals surface area contributed by atoms with E-state index in [0.717, 1.165) is 0 Å². The summed E-state index contributed by atoms with van der Waals surface area (Å²) in [5.41, 5.74) is 6.00. The minimum atomic E-state index is 0.284. The predicted octanol–water partition coefficient (Wildman–Crippen LogP) is 0.116. The number of nitrogen functional groups attached to an aromatic ring is 1. The highest BCUT2D eigenvalue weighted by Gasteiger charge is 2.08. The molecular weight excluding hydrogens is 180 g/mol. The molecule has 0 saturated heterocycles. The van der Waals surface area contributed by atoms with E-state index in [1.807, 2.05) is 6.07 Å². The third-order valence-electron chi connectivity index (χ3n) is 1.71. The van der Waals surface area contributed by atoms with E-state index in [0.29, 0.717) is 11.4 Å². The molecule has 0 aliphatic rings. The van der Waals surface area contributed by atoms with Gasteiger partial charge in [0.25, 0.3) is 0 Å². The van der Waals surface area contributed by atoms with E-state index < -0.39 is 0 Å². The first-order chi connectivity index (χ1) is 6.83. The normalized spacial score (nSPS) is 9.64. The summed E-state index contributed by atoms with van der Waals surface area (Å²) in [6.45, 7) is 0. The van der Waals surface area contributed by atoms with Crippen LogP contribution in [0.4, 0.5) is 5.82 Å². The van der Waals surface area contributed by atoms with Crippen molar-refractivity contribution in [3.8, 4) is 11.9 Å². The van der Waals surface area contributed by atoms with Crippen molar-refractivity contribution in [1.29, 1.82) is 5.26 Å². The Morgan fingerprint density at radius 2 is 2.36 bits per heavy atom. The summed E-state index contributed by atoms with van der Waals surface area (Å²) in [6.07, 6.45) is 4.37. The molecule has 2 aromatic heterocycles. The van der Waals surface area contributed by atoms with E-state index in [1.165, 1.54) is 17.2 Å². The Labute approximate surface area is 79.6 Å². The Morgan fingerprint density at radius 3 is 2.93 bits per heavy atom. The molecule has 0 bridgehead atoms. The van der Waals surface area contributed by atoms with Crippen LogP contribution < -0.4 is 5.73 Å². The third kappa shape index (κ3) is 1.17. The third-order valence-corrected chi connectivity index (χ3v) is 1.71. The predicted molar refractivity (Wildman–Crippen MR) is 48.3 cm³/mol. The first kappa shape index (κ1) is 8.19. The Hall–Kier alpha value is -2.42. The highest BCUT2D eigenvalue weighted by atomic mass is 15.3. The number of nitrogens with zero attached hydrogens (tertiary/aromatic N) is 5. The van der Waals surface area contributed by atoms with Crippen molar-refractivity contribution in [2.24, 2.45) is 0 Å². The molecule has 0 fully saturated rings. The van der Waals surface area contributed by atoms with Gasteiger partial charge in [-0.2, -0.15) is 15.0 Å². The fourth-order valence-electron chi connectivity index (χ4n) is 1.04. The van der Waals surface area contributed by atoms with Gasteiger partial charge in [0.05, 0.1) is 6.20 Å². The van der Waals surface area contributed by atoms with Crippen molar-refractivity contribution < 1.29 is 0 Å². The van der Waals surface area contributed by atoms with Gasteiger partial charge in [0.1, 0.15) is 23.8 Å². The van der Waals surface area contributed by atoms with Gasteiger partial charge in [-0.25, -0.2) is 9.97 Å². The molecule has 68 valence electrons. The van der Waals surface area contributed by atoms with E-state index in [2.05, 4.69) is 15.1 Å².